The predicted molar refractivity (Wildman–Crippen MR) is 85.7 cm³/mol. The Kier molecular flexibility index (Phi) is 4.40. The molecular formula is C16H18IN. The van der Waals surface area contributed by atoms with Gasteiger partial charge in [0.2, 0.25) is 0 Å². The van der Waals surface area contributed by atoms with Gasteiger partial charge in [0.05, 0.1) is 0 Å². The molecule has 0 radical (unpaired) electrons. The first-order valence-electron chi connectivity index (χ1n) is 6.14. The van der Waals surface area contributed by atoms with Gasteiger partial charge < -0.3 is 5.73 Å². The van der Waals surface area contributed by atoms with Gasteiger partial charge >= 0.3 is 0 Å². The highest BCUT2D eigenvalue weighted by molar-refractivity contribution is 14.1. The van der Waals surface area contributed by atoms with Crippen molar-refractivity contribution < 1.29 is 0 Å². The van der Waals surface area contributed by atoms with Gasteiger partial charge in [0, 0.05) is 9.61 Å². The van der Waals surface area contributed by atoms with E-state index in [1.165, 1.54) is 25.8 Å². The molecule has 2 N–H and O–H groups in total. The summed E-state index contributed by atoms with van der Waals surface area (Å²) in [7, 11) is 0. The van der Waals surface area contributed by atoms with Crippen LogP contribution in [-0.4, -0.2) is 0 Å². The van der Waals surface area contributed by atoms with E-state index >= 15 is 0 Å². The van der Waals surface area contributed by atoms with E-state index in [2.05, 4.69) is 78.9 Å². The normalized spacial score (nSPS) is 12.4. The number of benzene rings is 2. The van der Waals surface area contributed by atoms with Crippen molar-refractivity contribution in [1.29, 1.82) is 0 Å². The first-order chi connectivity index (χ1) is 8.58. The lowest BCUT2D eigenvalue weighted by Crippen LogP contribution is -2.15. The Morgan fingerprint density at radius 1 is 1.11 bits per heavy atom. The maximum atomic E-state index is 6.34. The predicted octanol–water partition coefficient (Wildman–Crippen LogP) is 4.15. The van der Waals surface area contributed by atoms with Gasteiger partial charge in [-0.15, -0.1) is 0 Å². The van der Waals surface area contributed by atoms with Crippen LogP contribution in [0.25, 0.3) is 0 Å². The molecule has 0 bridgehead atoms. The highest BCUT2D eigenvalue weighted by Gasteiger charge is 2.11. The van der Waals surface area contributed by atoms with Gasteiger partial charge in [-0.1, -0.05) is 42.0 Å². The molecule has 0 aliphatic carbocycles. The molecule has 2 rings (SSSR count). The maximum Gasteiger partial charge on any atom is 0.0346 e. The first kappa shape index (κ1) is 13.6. The monoisotopic (exact) mass is 351 g/mol. The molecule has 0 saturated heterocycles. The highest BCUT2D eigenvalue weighted by Crippen LogP contribution is 2.23. The zero-order valence-corrected chi connectivity index (χ0v) is 12.9. The van der Waals surface area contributed by atoms with Gasteiger partial charge in [-0.3, -0.25) is 0 Å². The first-order valence-corrected chi connectivity index (χ1v) is 7.22. The number of rotatable bonds is 3. The lowest BCUT2D eigenvalue weighted by Gasteiger charge is -2.16. The minimum Gasteiger partial charge on any atom is -0.324 e. The zero-order valence-electron chi connectivity index (χ0n) is 10.8. The van der Waals surface area contributed by atoms with Crippen LogP contribution in [0.1, 0.15) is 28.3 Å². The van der Waals surface area contributed by atoms with Crippen LogP contribution in [0.4, 0.5) is 0 Å². The van der Waals surface area contributed by atoms with Crippen LogP contribution in [0.5, 0.6) is 0 Å². The van der Waals surface area contributed by atoms with Crippen molar-refractivity contribution in [3.8, 4) is 0 Å². The van der Waals surface area contributed by atoms with E-state index in [1.54, 1.807) is 0 Å². The third-order valence-electron chi connectivity index (χ3n) is 3.25. The molecule has 0 saturated carbocycles. The van der Waals surface area contributed by atoms with Gasteiger partial charge in [0.15, 0.2) is 0 Å². The van der Waals surface area contributed by atoms with E-state index in [9.17, 15) is 0 Å². The number of hydrogen-bond acceptors (Lipinski definition) is 1. The van der Waals surface area contributed by atoms with Crippen molar-refractivity contribution in [1.82, 2.24) is 0 Å². The van der Waals surface area contributed by atoms with Crippen LogP contribution >= 0.6 is 22.6 Å². The summed E-state index contributed by atoms with van der Waals surface area (Å²) in [6.45, 7) is 4.28. The largest absolute Gasteiger partial charge is 0.324 e. The second kappa shape index (κ2) is 5.85. The van der Waals surface area contributed by atoms with Crippen LogP contribution in [0.2, 0.25) is 0 Å². The second-order valence-corrected chi connectivity index (χ2v) is 5.92. The molecule has 1 unspecified atom stereocenters. The quantitative estimate of drug-likeness (QED) is 0.826. The topological polar surface area (TPSA) is 26.0 Å². The van der Waals surface area contributed by atoms with E-state index in [4.69, 9.17) is 5.73 Å². The Morgan fingerprint density at radius 2 is 1.83 bits per heavy atom. The molecular weight excluding hydrogens is 333 g/mol. The molecule has 0 fully saturated rings. The van der Waals surface area contributed by atoms with Crippen LogP contribution in [0.15, 0.2) is 42.5 Å². The number of aryl methyl sites for hydroxylation is 2. The van der Waals surface area contributed by atoms with Gasteiger partial charge in [-0.2, -0.15) is 0 Å². The van der Waals surface area contributed by atoms with Crippen molar-refractivity contribution in [2.45, 2.75) is 26.3 Å². The summed E-state index contributed by atoms with van der Waals surface area (Å²) < 4.78 is 1.24. The molecule has 0 aliphatic rings. The molecule has 18 heavy (non-hydrogen) atoms. The van der Waals surface area contributed by atoms with E-state index in [0.29, 0.717) is 0 Å². The van der Waals surface area contributed by atoms with E-state index in [-0.39, 0.29) is 6.04 Å². The van der Waals surface area contributed by atoms with E-state index < -0.39 is 0 Å². The summed E-state index contributed by atoms with van der Waals surface area (Å²) in [5.74, 6) is 0. The summed E-state index contributed by atoms with van der Waals surface area (Å²) in [4.78, 5) is 0. The third-order valence-corrected chi connectivity index (χ3v) is 4.23. The molecule has 2 aromatic rings. The Labute approximate surface area is 123 Å². The van der Waals surface area contributed by atoms with Gasteiger partial charge in [-0.25, -0.2) is 0 Å². The smallest absolute Gasteiger partial charge is 0.0346 e. The van der Waals surface area contributed by atoms with Crippen LogP contribution in [0, 0.1) is 17.4 Å². The standard InChI is InChI=1S/C16H18IN/c1-11-7-8-12(2)13(9-11)10-16(18)14-5-3-4-6-15(14)17/h3-9,16H,10,18H2,1-2H3. The minimum atomic E-state index is 0.0681. The summed E-state index contributed by atoms with van der Waals surface area (Å²) in [6.07, 6.45) is 0.896. The zero-order chi connectivity index (χ0) is 13.1. The fourth-order valence-electron chi connectivity index (χ4n) is 2.14. The van der Waals surface area contributed by atoms with Crippen LogP contribution in [-0.2, 0) is 6.42 Å². The summed E-state index contributed by atoms with van der Waals surface area (Å²) >= 11 is 2.35. The van der Waals surface area contributed by atoms with Gasteiger partial charge in [-0.05, 0) is 65.6 Å². The lowest BCUT2D eigenvalue weighted by molar-refractivity contribution is 0.714. The number of halogens is 1. The SMILES string of the molecule is Cc1ccc(C)c(CC(N)c2ccccc2I)c1. The highest BCUT2D eigenvalue weighted by atomic mass is 127. The fourth-order valence-corrected chi connectivity index (χ4v) is 2.93. The molecule has 0 spiro atoms. The van der Waals surface area contributed by atoms with Gasteiger partial charge in [0.25, 0.3) is 0 Å². The molecule has 2 heteroatoms. The Morgan fingerprint density at radius 3 is 2.56 bits per heavy atom. The molecule has 0 aliphatic heterocycles. The summed E-state index contributed by atoms with van der Waals surface area (Å²) in [6, 6.07) is 15.0. The molecule has 0 amide bonds. The molecule has 2 aromatic carbocycles. The molecule has 1 atom stereocenters. The Balaban J connectivity index is 2.24. The van der Waals surface area contributed by atoms with Gasteiger partial charge in [0.1, 0.15) is 0 Å². The molecule has 0 heterocycles. The number of hydrogen-bond donors (Lipinski definition) is 1. The van der Waals surface area contributed by atoms with Crippen LogP contribution < -0.4 is 5.73 Å². The Hall–Kier alpha value is -0.870. The maximum absolute atomic E-state index is 6.34. The van der Waals surface area contributed by atoms with Crippen molar-refractivity contribution in [3.63, 3.8) is 0 Å². The van der Waals surface area contributed by atoms with E-state index in [0.717, 1.165) is 6.42 Å². The number of nitrogens with two attached hydrogens (primary N) is 1. The van der Waals surface area contributed by atoms with E-state index in [1.807, 2.05) is 0 Å². The van der Waals surface area contributed by atoms with Crippen molar-refractivity contribution >= 4 is 22.6 Å². The lowest BCUT2D eigenvalue weighted by atomic mass is 9.95. The average molecular weight is 351 g/mol. The minimum absolute atomic E-state index is 0.0681. The van der Waals surface area contributed by atoms with Crippen LogP contribution in [0.3, 0.4) is 0 Å². The second-order valence-electron chi connectivity index (χ2n) is 4.76. The fraction of sp³-hybridized carbons (Fsp3) is 0.250. The average Bonchev–Trinajstić information content (AvgIpc) is 2.34. The summed E-state index contributed by atoms with van der Waals surface area (Å²) in [5.41, 5.74) is 11.5. The van der Waals surface area contributed by atoms with Crippen molar-refractivity contribution in [3.05, 3.63) is 68.3 Å². The molecule has 0 aromatic heterocycles. The summed E-state index contributed by atoms with van der Waals surface area (Å²) in [5, 5.41) is 0. The van der Waals surface area contributed by atoms with Crippen molar-refractivity contribution in [2.75, 3.05) is 0 Å². The molecule has 1 nitrogen and oxygen atoms in total. The van der Waals surface area contributed by atoms with Crippen molar-refractivity contribution in [2.24, 2.45) is 5.73 Å². The Bertz CT molecular complexity index is 549. The third kappa shape index (κ3) is 3.12. The molecule has 94 valence electrons.